The lowest BCUT2D eigenvalue weighted by atomic mass is 9.91. The van der Waals surface area contributed by atoms with Gasteiger partial charge in [-0.1, -0.05) is 42.5 Å². The van der Waals surface area contributed by atoms with Crippen LogP contribution in [0.2, 0.25) is 0 Å². The Morgan fingerprint density at radius 1 is 0.865 bits per heavy atom. The van der Waals surface area contributed by atoms with Gasteiger partial charge in [0, 0.05) is 37.1 Å². The number of ether oxygens (including phenoxy) is 1. The Labute approximate surface area is 217 Å². The van der Waals surface area contributed by atoms with Crippen molar-refractivity contribution < 1.29 is 9.53 Å². The Bertz CT molecular complexity index is 1330. The third-order valence-electron chi connectivity index (χ3n) is 6.77. The number of rotatable bonds is 8. The summed E-state index contributed by atoms with van der Waals surface area (Å²) in [4.78, 5) is 24.3. The molecule has 0 aliphatic heterocycles. The number of anilines is 2. The molecule has 0 spiro atoms. The van der Waals surface area contributed by atoms with Crippen LogP contribution in [0.25, 0.3) is 10.9 Å². The van der Waals surface area contributed by atoms with Gasteiger partial charge in [-0.05, 0) is 67.6 Å². The van der Waals surface area contributed by atoms with Crippen molar-refractivity contribution in [3.63, 3.8) is 0 Å². The summed E-state index contributed by atoms with van der Waals surface area (Å²) in [5.74, 6) is 2.27. The molecule has 1 aliphatic carbocycles. The Hall–Kier alpha value is -4.13. The first-order valence-corrected chi connectivity index (χ1v) is 12.8. The molecule has 1 aliphatic rings. The summed E-state index contributed by atoms with van der Waals surface area (Å²) in [5.41, 5.74) is 2.69. The maximum atomic E-state index is 12.8. The Balaban J connectivity index is 1.12. The van der Waals surface area contributed by atoms with E-state index in [2.05, 4.69) is 10.6 Å². The topological polar surface area (TPSA) is 79.4 Å². The summed E-state index contributed by atoms with van der Waals surface area (Å²) in [5, 5.41) is 7.77. The summed E-state index contributed by atoms with van der Waals surface area (Å²) in [6.07, 6.45) is 3.72. The van der Waals surface area contributed by atoms with Crippen LogP contribution in [0.3, 0.4) is 0 Å². The van der Waals surface area contributed by atoms with Crippen LogP contribution in [0, 0.1) is 0 Å². The van der Waals surface area contributed by atoms with Crippen molar-refractivity contribution in [3.05, 3.63) is 90.0 Å². The number of nitrogens with one attached hydrogen (secondary N) is 2. The SMILES string of the molecule is CN(C)c1nc(N[C@H]2CC[C@@H](NC(=O)c3ccc(OCc4ccccc4)cc3)CC2)nc2ccccc12. The summed E-state index contributed by atoms with van der Waals surface area (Å²) in [6, 6.07) is 25.9. The first-order chi connectivity index (χ1) is 18.0. The summed E-state index contributed by atoms with van der Waals surface area (Å²) in [6.45, 7) is 0.504. The summed E-state index contributed by atoms with van der Waals surface area (Å²) < 4.78 is 5.83. The lowest BCUT2D eigenvalue weighted by Gasteiger charge is -2.30. The number of aromatic nitrogens is 2. The molecular formula is C30H33N5O2. The highest BCUT2D eigenvalue weighted by Gasteiger charge is 2.24. The van der Waals surface area contributed by atoms with E-state index >= 15 is 0 Å². The molecule has 0 bridgehead atoms. The van der Waals surface area contributed by atoms with Gasteiger partial charge in [0.1, 0.15) is 18.2 Å². The lowest BCUT2D eigenvalue weighted by Crippen LogP contribution is -2.40. The largest absolute Gasteiger partial charge is 0.489 e. The van der Waals surface area contributed by atoms with E-state index < -0.39 is 0 Å². The predicted octanol–water partition coefficient (Wildman–Crippen LogP) is 5.43. The highest BCUT2D eigenvalue weighted by molar-refractivity contribution is 5.94. The van der Waals surface area contributed by atoms with Crippen molar-refractivity contribution in [2.75, 3.05) is 24.3 Å². The number of carbonyl (C=O) groups is 1. The monoisotopic (exact) mass is 495 g/mol. The highest BCUT2D eigenvalue weighted by atomic mass is 16.5. The fourth-order valence-electron chi connectivity index (χ4n) is 4.74. The van der Waals surface area contributed by atoms with Gasteiger partial charge in [-0.2, -0.15) is 4.98 Å². The van der Waals surface area contributed by atoms with Crippen molar-refractivity contribution >= 4 is 28.6 Å². The van der Waals surface area contributed by atoms with Gasteiger partial charge < -0.3 is 20.3 Å². The minimum atomic E-state index is -0.0421. The van der Waals surface area contributed by atoms with Crippen LogP contribution in [0.1, 0.15) is 41.6 Å². The van der Waals surface area contributed by atoms with E-state index in [9.17, 15) is 4.79 Å². The minimum absolute atomic E-state index is 0.0421. The molecule has 7 nitrogen and oxygen atoms in total. The van der Waals surface area contributed by atoms with E-state index in [1.165, 1.54) is 0 Å². The quantitative estimate of drug-likeness (QED) is 0.339. The number of nitrogens with zero attached hydrogens (tertiary/aromatic N) is 3. The van der Waals surface area contributed by atoms with E-state index in [1.54, 1.807) is 0 Å². The number of carbonyl (C=O) groups excluding carboxylic acids is 1. The molecule has 2 N–H and O–H groups in total. The molecule has 0 unspecified atom stereocenters. The average Bonchev–Trinajstić information content (AvgIpc) is 2.93. The van der Waals surface area contributed by atoms with Gasteiger partial charge in [0.15, 0.2) is 0 Å². The van der Waals surface area contributed by atoms with Crippen molar-refractivity contribution in [1.29, 1.82) is 0 Å². The standard InChI is InChI=1S/C30H33N5O2/c1-35(2)28-26-10-6-7-11-27(26)33-30(34-28)32-24-16-14-23(15-17-24)31-29(36)22-12-18-25(19-13-22)37-20-21-8-4-3-5-9-21/h3-13,18-19,23-24H,14-17,20H2,1-2H3,(H,31,36)(H,32,33,34)/t23-,24+. The molecular weight excluding hydrogens is 462 g/mol. The van der Waals surface area contributed by atoms with Crippen LogP contribution < -0.4 is 20.3 Å². The van der Waals surface area contributed by atoms with Gasteiger partial charge in [-0.25, -0.2) is 4.98 Å². The maximum absolute atomic E-state index is 12.8. The molecule has 7 heteroatoms. The zero-order valence-corrected chi connectivity index (χ0v) is 21.4. The number of para-hydroxylation sites is 1. The average molecular weight is 496 g/mol. The zero-order valence-electron chi connectivity index (χ0n) is 21.4. The van der Waals surface area contributed by atoms with E-state index in [-0.39, 0.29) is 18.0 Å². The molecule has 3 aromatic carbocycles. The predicted molar refractivity (Wildman–Crippen MR) is 148 cm³/mol. The Morgan fingerprint density at radius 3 is 2.27 bits per heavy atom. The molecule has 1 saturated carbocycles. The van der Waals surface area contributed by atoms with Crippen LogP contribution in [0.4, 0.5) is 11.8 Å². The van der Waals surface area contributed by atoms with Gasteiger partial charge in [-0.3, -0.25) is 4.79 Å². The molecule has 0 atom stereocenters. The van der Waals surface area contributed by atoms with E-state index in [1.807, 2.05) is 97.9 Å². The first-order valence-electron chi connectivity index (χ1n) is 12.8. The Kier molecular flexibility index (Phi) is 7.49. The molecule has 0 saturated heterocycles. The maximum Gasteiger partial charge on any atom is 0.251 e. The Morgan fingerprint density at radius 2 is 1.54 bits per heavy atom. The summed E-state index contributed by atoms with van der Waals surface area (Å²) in [7, 11) is 4.00. The van der Waals surface area contributed by atoms with Crippen LogP contribution in [-0.2, 0) is 6.61 Å². The van der Waals surface area contributed by atoms with Gasteiger partial charge in [0.2, 0.25) is 5.95 Å². The number of benzene rings is 3. The third-order valence-corrected chi connectivity index (χ3v) is 6.77. The van der Waals surface area contributed by atoms with Crippen LogP contribution in [-0.4, -0.2) is 42.1 Å². The molecule has 0 radical (unpaired) electrons. The lowest BCUT2D eigenvalue weighted by molar-refractivity contribution is 0.0926. The van der Waals surface area contributed by atoms with Crippen molar-refractivity contribution in [3.8, 4) is 5.75 Å². The normalized spacial score (nSPS) is 17.2. The number of fused-ring (bicyclic) bond motifs is 1. The third kappa shape index (κ3) is 6.17. The first kappa shape index (κ1) is 24.6. The second-order valence-electron chi connectivity index (χ2n) is 9.75. The van der Waals surface area contributed by atoms with Gasteiger partial charge >= 0.3 is 0 Å². The van der Waals surface area contributed by atoms with Gasteiger partial charge in [-0.15, -0.1) is 0 Å². The second kappa shape index (κ2) is 11.3. The van der Waals surface area contributed by atoms with Crippen LogP contribution >= 0.6 is 0 Å². The van der Waals surface area contributed by atoms with E-state index in [0.717, 1.165) is 53.7 Å². The zero-order chi connectivity index (χ0) is 25.6. The molecule has 190 valence electrons. The molecule has 1 aromatic heterocycles. The number of hydrogen-bond donors (Lipinski definition) is 2. The molecule has 4 aromatic rings. The molecule has 5 rings (SSSR count). The van der Waals surface area contributed by atoms with Crippen molar-refractivity contribution in [2.24, 2.45) is 0 Å². The summed E-state index contributed by atoms with van der Waals surface area (Å²) >= 11 is 0. The molecule has 1 heterocycles. The van der Waals surface area contributed by atoms with Crippen LogP contribution in [0.5, 0.6) is 5.75 Å². The fraction of sp³-hybridized carbons (Fsp3) is 0.300. The van der Waals surface area contributed by atoms with E-state index in [4.69, 9.17) is 14.7 Å². The van der Waals surface area contributed by atoms with Crippen molar-refractivity contribution in [2.45, 2.75) is 44.4 Å². The van der Waals surface area contributed by atoms with E-state index in [0.29, 0.717) is 18.1 Å². The second-order valence-corrected chi connectivity index (χ2v) is 9.75. The fourth-order valence-corrected chi connectivity index (χ4v) is 4.74. The smallest absolute Gasteiger partial charge is 0.251 e. The minimum Gasteiger partial charge on any atom is -0.489 e. The molecule has 1 amide bonds. The van der Waals surface area contributed by atoms with Crippen LogP contribution in [0.15, 0.2) is 78.9 Å². The number of amides is 1. The molecule has 37 heavy (non-hydrogen) atoms. The molecule has 1 fully saturated rings. The number of hydrogen-bond acceptors (Lipinski definition) is 6. The van der Waals surface area contributed by atoms with Crippen molar-refractivity contribution in [1.82, 2.24) is 15.3 Å². The highest BCUT2D eigenvalue weighted by Crippen LogP contribution is 2.26. The van der Waals surface area contributed by atoms with Gasteiger partial charge in [0.25, 0.3) is 5.91 Å². The van der Waals surface area contributed by atoms with Gasteiger partial charge in [0.05, 0.1) is 5.52 Å².